The van der Waals surface area contributed by atoms with Gasteiger partial charge < -0.3 is 29.9 Å². The summed E-state index contributed by atoms with van der Waals surface area (Å²) >= 11 is 0. The van der Waals surface area contributed by atoms with E-state index in [1.807, 2.05) is 39.1 Å². The number of hydrogen-bond acceptors (Lipinski definition) is 5. The first-order valence-electron chi connectivity index (χ1n) is 17.6. The fraction of sp³-hybridized carbons (Fsp3) is 0.541. The lowest BCUT2D eigenvalue weighted by molar-refractivity contribution is -0.143. The van der Waals surface area contributed by atoms with Crippen LogP contribution in [0.1, 0.15) is 43.2 Å². The van der Waals surface area contributed by atoms with Gasteiger partial charge in [0.2, 0.25) is 11.8 Å². The molecule has 47 heavy (non-hydrogen) atoms. The van der Waals surface area contributed by atoms with Gasteiger partial charge in [-0.05, 0) is 86.4 Å². The molecule has 1 atom stereocenters. The number of likely N-dealkylation sites (N-methyl/N-ethyl adjacent to an activating group) is 1. The van der Waals surface area contributed by atoms with Crippen molar-refractivity contribution in [2.45, 2.75) is 57.0 Å². The van der Waals surface area contributed by atoms with Gasteiger partial charge in [0.15, 0.2) is 0 Å². The first-order valence-corrected chi connectivity index (χ1v) is 17.6. The number of amides is 4. The van der Waals surface area contributed by atoms with Crippen LogP contribution in [0.4, 0.5) is 10.5 Å². The minimum absolute atomic E-state index is 0.0459. The van der Waals surface area contributed by atoms with Crippen LogP contribution in [0, 0.1) is 5.92 Å². The van der Waals surface area contributed by atoms with E-state index < -0.39 is 5.92 Å². The lowest BCUT2D eigenvalue weighted by Gasteiger charge is -2.42. The van der Waals surface area contributed by atoms with Crippen molar-refractivity contribution in [1.82, 2.24) is 29.5 Å². The van der Waals surface area contributed by atoms with Gasteiger partial charge in [0.05, 0.1) is 5.92 Å². The first kappa shape index (κ1) is 31.7. The third-order valence-corrected chi connectivity index (χ3v) is 11.1. The number of nitrogens with one attached hydrogen (secondary N) is 2. The molecule has 0 aliphatic carbocycles. The van der Waals surface area contributed by atoms with Gasteiger partial charge in [0.25, 0.3) is 0 Å². The smallest absolute Gasteiger partial charge is 0.322 e. The van der Waals surface area contributed by atoms with E-state index in [1.165, 1.54) is 0 Å². The molecule has 0 radical (unpaired) electrons. The van der Waals surface area contributed by atoms with Gasteiger partial charge in [-0.1, -0.05) is 24.3 Å². The maximum Gasteiger partial charge on any atom is 0.322 e. The van der Waals surface area contributed by atoms with Crippen molar-refractivity contribution in [2.24, 2.45) is 5.92 Å². The van der Waals surface area contributed by atoms with Crippen molar-refractivity contribution < 1.29 is 14.4 Å². The molecule has 250 valence electrons. The number of nitrogens with zero attached hydrogens (tertiary/aromatic N) is 5. The summed E-state index contributed by atoms with van der Waals surface area (Å²) in [4.78, 5) is 55.3. The summed E-state index contributed by atoms with van der Waals surface area (Å²) in [5.74, 6) is -0.240. The molecule has 4 aliphatic heterocycles. The number of likely N-dealkylation sites (tertiary alicyclic amines) is 2. The summed E-state index contributed by atoms with van der Waals surface area (Å²) in [5, 5.41) is 4.21. The molecule has 0 bridgehead atoms. The zero-order chi connectivity index (χ0) is 32.3. The Hall–Kier alpha value is -3.89. The number of anilines is 1. The summed E-state index contributed by atoms with van der Waals surface area (Å²) in [7, 11) is 2.18. The Balaban J connectivity index is 0.981. The van der Waals surface area contributed by atoms with Crippen LogP contribution in [0.5, 0.6) is 0 Å². The summed E-state index contributed by atoms with van der Waals surface area (Å²) in [6, 6.07) is 16.9. The van der Waals surface area contributed by atoms with E-state index in [2.05, 4.69) is 57.5 Å². The largest absolute Gasteiger partial charge is 0.361 e. The van der Waals surface area contributed by atoms with Crippen molar-refractivity contribution in [3.63, 3.8) is 0 Å². The monoisotopic (exact) mass is 639 g/mol. The molecule has 3 aromatic rings. The highest BCUT2D eigenvalue weighted by Gasteiger charge is 2.35. The average Bonchev–Trinajstić information content (AvgIpc) is 3.50. The highest BCUT2D eigenvalue weighted by molar-refractivity contribution is 5.91. The van der Waals surface area contributed by atoms with Gasteiger partial charge in [-0.15, -0.1) is 0 Å². The standard InChI is InChI=1S/C37H49N7O3/c1-40-20-22-41(23-21-40)31-10-17-43(18-11-31)36(46)30(25-27-6-7-33-29(24-27)8-14-38-33)26-35(45)42-15-12-32(13-16-42)44-19-9-28-4-2-3-5-34(28)39-37(44)47/h2-8,14,24,30-32,38H,9-13,15-23,25-26H2,1H3,(H,39,47). The minimum Gasteiger partial charge on any atom is -0.361 e. The minimum atomic E-state index is -0.397. The number of aromatic nitrogens is 1. The number of benzene rings is 2. The highest BCUT2D eigenvalue weighted by Crippen LogP contribution is 2.27. The topological polar surface area (TPSA) is 95.2 Å². The Kier molecular flexibility index (Phi) is 9.49. The Morgan fingerprint density at radius 2 is 1.55 bits per heavy atom. The number of hydrogen-bond donors (Lipinski definition) is 2. The molecule has 0 saturated carbocycles. The summed E-state index contributed by atoms with van der Waals surface area (Å²) in [6.07, 6.45) is 7.00. The van der Waals surface area contributed by atoms with E-state index in [0.717, 1.165) is 99.1 Å². The molecule has 3 saturated heterocycles. The molecule has 10 nitrogen and oxygen atoms in total. The highest BCUT2D eigenvalue weighted by atomic mass is 16.2. The number of piperazine rings is 1. The maximum atomic E-state index is 14.2. The molecule has 1 unspecified atom stereocenters. The Morgan fingerprint density at radius 3 is 2.34 bits per heavy atom. The van der Waals surface area contributed by atoms with Crippen LogP contribution in [0.2, 0.25) is 0 Å². The third-order valence-electron chi connectivity index (χ3n) is 11.1. The van der Waals surface area contributed by atoms with Crippen LogP contribution >= 0.6 is 0 Å². The second-order valence-electron chi connectivity index (χ2n) is 14.0. The Bertz CT molecular complexity index is 1560. The van der Waals surface area contributed by atoms with E-state index >= 15 is 0 Å². The molecule has 4 amide bonds. The van der Waals surface area contributed by atoms with Crippen LogP contribution in [0.25, 0.3) is 10.9 Å². The normalized spacial score (nSPS) is 21.4. The predicted octanol–water partition coefficient (Wildman–Crippen LogP) is 4.04. The number of fused-ring (bicyclic) bond motifs is 2. The third kappa shape index (κ3) is 7.18. The van der Waals surface area contributed by atoms with Crippen molar-refractivity contribution in [1.29, 1.82) is 0 Å². The number of aromatic amines is 1. The summed E-state index contributed by atoms with van der Waals surface area (Å²) in [5.41, 5.74) is 4.21. The fourth-order valence-electron chi connectivity index (χ4n) is 8.16. The molecular formula is C37H49N7O3. The van der Waals surface area contributed by atoms with Crippen LogP contribution in [-0.4, -0.2) is 125 Å². The van der Waals surface area contributed by atoms with E-state index in [0.29, 0.717) is 32.1 Å². The first-order chi connectivity index (χ1) is 22.9. The molecule has 5 heterocycles. The number of carbonyl (C=O) groups excluding carboxylic acids is 3. The molecule has 10 heteroatoms. The molecule has 7 rings (SSSR count). The second kappa shape index (κ2) is 14.1. The van der Waals surface area contributed by atoms with E-state index in [1.54, 1.807) is 0 Å². The molecule has 1 aromatic heterocycles. The molecule has 2 N–H and O–H groups in total. The SMILES string of the molecule is CN1CCN(C2CCN(C(=O)C(CC(=O)N3CCC(N4CCc5ccccc5NC4=O)CC3)Cc3ccc4[nH]ccc4c3)CC2)CC1. The van der Waals surface area contributed by atoms with Crippen molar-refractivity contribution in [3.8, 4) is 0 Å². The van der Waals surface area contributed by atoms with Gasteiger partial charge in [-0.25, -0.2) is 4.79 Å². The summed E-state index contributed by atoms with van der Waals surface area (Å²) in [6.45, 7) is 7.79. The van der Waals surface area contributed by atoms with E-state index in [4.69, 9.17) is 0 Å². The van der Waals surface area contributed by atoms with Crippen LogP contribution in [0.3, 0.4) is 0 Å². The number of para-hydroxylation sites is 1. The Labute approximate surface area is 278 Å². The van der Waals surface area contributed by atoms with Crippen molar-refractivity contribution in [2.75, 3.05) is 71.3 Å². The van der Waals surface area contributed by atoms with Gasteiger partial charge in [0, 0.05) is 94.8 Å². The number of carbonyl (C=O) groups is 3. The lowest BCUT2D eigenvalue weighted by atomic mass is 9.91. The molecule has 3 fully saturated rings. The summed E-state index contributed by atoms with van der Waals surface area (Å²) < 4.78 is 0. The van der Waals surface area contributed by atoms with Crippen LogP contribution in [-0.2, 0) is 22.4 Å². The predicted molar refractivity (Wildman–Crippen MR) is 184 cm³/mol. The number of piperidine rings is 2. The quantitative estimate of drug-likeness (QED) is 0.407. The van der Waals surface area contributed by atoms with Gasteiger partial charge >= 0.3 is 6.03 Å². The molecule has 0 spiro atoms. The van der Waals surface area contributed by atoms with Gasteiger partial charge in [-0.2, -0.15) is 0 Å². The van der Waals surface area contributed by atoms with Gasteiger partial charge in [-0.3, -0.25) is 14.5 Å². The molecular weight excluding hydrogens is 590 g/mol. The second-order valence-corrected chi connectivity index (χ2v) is 14.0. The van der Waals surface area contributed by atoms with Crippen LogP contribution in [0.15, 0.2) is 54.7 Å². The number of H-pyrrole nitrogens is 1. The average molecular weight is 640 g/mol. The molecule has 4 aliphatic rings. The van der Waals surface area contributed by atoms with Crippen LogP contribution < -0.4 is 5.32 Å². The van der Waals surface area contributed by atoms with Gasteiger partial charge in [0.1, 0.15) is 0 Å². The van der Waals surface area contributed by atoms with Crippen molar-refractivity contribution in [3.05, 3.63) is 65.9 Å². The van der Waals surface area contributed by atoms with E-state index in [-0.39, 0.29) is 30.3 Å². The zero-order valence-electron chi connectivity index (χ0n) is 27.7. The Morgan fingerprint density at radius 1 is 0.830 bits per heavy atom. The lowest BCUT2D eigenvalue weighted by Crippen LogP contribution is -2.53. The van der Waals surface area contributed by atoms with E-state index in [9.17, 15) is 14.4 Å². The van der Waals surface area contributed by atoms with Crippen molar-refractivity contribution >= 4 is 34.4 Å². The number of urea groups is 1. The zero-order valence-corrected chi connectivity index (χ0v) is 27.7. The number of rotatable bonds is 7. The maximum absolute atomic E-state index is 14.2. The molecule has 2 aromatic carbocycles. The fourth-order valence-corrected chi connectivity index (χ4v) is 8.16.